The first kappa shape index (κ1) is 14.2. The van der Waals surface area contributed by atoms with E-state index < -0.39 is 10.0 Å². The zero-order valence-corrected chi connectivity index (χ0v) is 11.4. The Morgan fingerprint density at radius 3 is 2.75 bits per heavy atom. The summed E-state index contributed by atoms with van der Waals surface area (Å²) in [6, 6.07) is 9.89. The van der Waals surface area contributed by atoms with E-state index in [1.807, 2.05) is 0 Å². The Hall–Kier alpha value is -2.25. The molecule has 1 aromatic heterocycles. The normalized spacial score (nSPS) is 11.2. The number of nitrogen functional groups attached to an aromatic ring is 1. The molecule has 0 bridgehead atoms. The zero-order valence-electron chi connectivity index (χ0n) is 10.6. The van der Waals surface area contributed by atoms with Crippen molar-refractivity contribution in [1.82, 2.24) is 9.71 Å². The Morgan fingerprint density at radius 2 is 2.10 bits per heavy atom. The van der Waals surface area contributed by atoms with Crippen LogP contribution in [0, 0.1) is 5.41 Å². The van der Waals surface area contributed by atoms with E-state index in [4.69, 9.17) is 11.1 Å². The molecule has 0 aliphatic rings. The first-order valence-corrected chi connectivity index (χ1v) is 7.30. The van der Waals surface area contributed by atoms with E-state index >= 15 is 0 Å². The van der Waals surface area contributed by atoms with E-state index in [2.05, 4.69) is 9.71 Å². The summed E-state index contributed by atoms with van der Waals surface area (Å²) in [6.45, 7) is 0.123. The van der Waals surface area contributed by atoms with Gasteiger partial charge in [-0.25, -0.2) is 13.1 Å². The molecule has 2 rings (SSSR count). The Morgan fingerprint density at radius 1 is 1.30 bits per heavy atom. The number of nitrogens with one attached hydrogen (secondary N) is 2. The smallest absolute Gasteiger partial charge is 0.242 e. The molecular formula is C13H14N4O2S. The fourth-order valence-corrected chi connectivity index (χ4v) is 2.60. The number of sulfonamides is 1. The highest BCUT2D eigenvalue weighted by Crippen LogP contribution is 2.08. The van der Waals surface area contributed by atoms with Gasteiger partial charge in [-0.05, 0) is 23.8 Å². The third-order valence-electron chi connectivity index (χ3n) is 2.65. The minimum atomic E-state index is -3.59. The number of aromatic nitrogens is 1. The number of nitrogens with zero attached hydrogens (tertiary/aromatic N) is 1. The topological polar surface area (TPSA) is 109 Å². The molecule has 7 heteroatoms. The van der Waals surface area contributed by atoms with Gasteiger partial charge >= 0.3 is 0 Å². The van der Waals surface area contributed by atoms with Crippen LogP contribution in [0.3, 0.4) is 0 Å². The quantitative estimate of drug-likeness (QED) is 0.560. The van der Waals surface area contributed by atoms with Crippen molar-refractivity contribution in [2.24, 2.45) is 5.73 Å². The van der Waals surface area contributed by atoms with Crippen molar-refractivity contribution in [3.63, 3.8) is 0 Å². The van der Waals surface area contributed by atoms with Gasteiger partial charge in [-0.15, -0.1) is 0 Å². The van der Waals surface area contributed by atoms with Gasteiger partial charge in [0, 0.05) is 24.5 Å². The summed E-state index contributed by atoms with van der Waals surface area (Å²) in [5, 5.41) is 7.35. The van der Waals surface area contributed by atoms with Crippen LogP contribution in [0.1, 0.15) is 11.1 Å². The first-order valence-electron chi connectivity index (χ1n) is 5.82. The minimum absolute atomic E-state index is 0.0537. The van der Waals surface area contributed by atoms with Gasteiger partial charge in [0.1, 0.15) is 10.7 Å². The van der Waals surface area contributed by atoms with Gasteiger partial charge in [-0.3, -0.25) is 10.4 Å². The molecule has 4 N–H and O–H groups in total. The second-order valence-corrected chi connectivity index (χ2v) is 5.89. The average molecular weight is 290 g/mol. The number of pyridine rings is 1. The predicted octanol–water partition coefficient (Wildman–Crippen LogP) is 0.844. The maximum atomic E-state index is 12.0. The van der Waals surface area contributed by atoms with Crippen LogP contribution < -0.4 is 10.5 Å². The predicted molar refractivity (Wildman–Crippen MR) is 75.7 cm³/mol. The van der Waals surface area contributed by atoms with E-state index in [0.717, 1.165) is 5.56 Å². The maximum Gasteiger partial charge on any atom is 0.242 e. The Bertz CT molecular complexity index is 714. The lowest BCUT2D eigenvalue weighted by Crippen LogP contribution is -2.23. The summed E-state index contributed by atoms with van der Waals surface area (Å²) in [5.74, 6) is -0.0537. The molecule has 0 saturated carbocycles. The second-order valence-electron chi connectivity index (χ2n) is 4.13. The lowest BCUT2D eigenvalue weighted by atomic mass is 10.1. The molecule has 0 spiro atoms. The number of hydrogen-bond acceptors (Lipinski definition) is 4. The fourth-order valence-electron chi connectivity index (χ4n) is 1.62. The highest BCUT2D eigenvalue weighted by atomic mass is 32.2. The molecule has 1 heterocycles. The molecule has 0 saturated heterocycles. The number of rotatable bonds is 5. The largest absolute Gasteiger partial charge is 0.384 e. The lowest BCUT2D eigenvalue weighted by molar-refractivity contribution is 0.581. The van der Waals surface area contributed by atoms with Crippen LogP contribution in [-0.4, -0.2) is 19.2 Å². The molecule has 6 nitrogen and oxygen atoms in total. The molecule has 0 aliphatic carbocycles. The van der Waals surface area contributed by atoms with Crippen molar-refractivity contribution < 1.29 is 8.42 Å². The Balaban J connectivity index is 2.13. The van der Waals surface area contributed by atoms with Crippen molar-refractivity contribution >= 4 is 15.9 Å². The molecule has 0 aliphatic heterocycles. The van der Waals surface area contributed by atoms with Crippen LogP contribution in [0.5, 0.6) is 0 Å². The van der Waals surface area contributed by atoms with Crippen LogP contribution in [0.25, 0.3) is 0 Å². The van der Waals surface area contributed by atoms with Crippen molar-refractivity contribution in [2.45, 2.75) is 11.4 Å². The molecule has 0 radical (unpaired) electrons. The van der Waals surface area contributed by atoms with Gasteiger partial charge in [-0.2, -0.15) is 0 Å². The lowest BCUT2D eigenvalue weighted by Gasteiger charge is -2.07. The highest BCUT2D eigenvalue weighted by Gasteiger charge is 2.13. The van der Waals surface area contributed by atoms with Crippen LogP contribution in [0.4, 0.5) is 0 Å². The second kappa shape index (κ2) is 5.81. The number of benzene rings is 1. The Labute approximate surface area is 117 Å². The summed E-state index contributed by atoms with van der Waals surface area (Å²) in [6.07, 6.45) is 2.80. The summed E-state index contributed by atoms with van der Waals surface area (Å²) in [7, 11) is -3.59. The number of amidine groups is 1. The first-order chi connectivity index (χ1) is 9.49. The third kappa shape index (κ3) is 3.40. The van der Waals surface area contributed by atoms with Gasteiger partial charge < -0.3 is 5.73 Å². The minimum Gasteiger partial charge on any atom is -0.384 e. The Kier molecular flexibility index (Phi) is 4.11. The molecule has 104 valence electrons. The van der Waals surface area contributed by atoms with Crippen molar-refractivity contribution in [1.29, 1.82) is 5.41 Å². The van der Waals surface area contributed by atoms with Crippen LogP contribution in [-0.2, 0) is 16.6 Å². The van der Waals surface area contributed by atoms with E-state index in [-0.39, 0.29) is 17.3 Å². The van der Waals surface area contributed by atoms with Crippen LogP contribution in [0.2, 0.25) is 0 Å². The van der Waals surface area contributed by atoms with E-state index in [0.29, 0.717) is 5.56 Å². The van der Waals surface area contributed by atoms with Gasteiger partial charge in [0.25, 0.3) is 0 Å². The van der Waals surface area contributed by atoms with Crippen molar-refractivity contribution in [3.05, 3.63) is 59.9 Å². The number of nitrogens with two attached hydrogens (primary N) is 1. The molecule has 0 unspecified atom stereocenters. The van der Waals surface area contributed by atoms with E-state index in [1.54, 1.807) is 30.3 Å². The molecule has 0 fully saturated rings. The molecule has 20 heavy (non-hydrogen) atoms. The van der Waals surface area contributed by atoms with Gasteiger partial charge in [0.2, 0.25) is 10.0 Å². The summed E-state index contributed by atoms with van der Waals surface area (Å²) in [4.78, 5) is 3.89. The van der Waals surface area contributed by atoms with Gasteiger partial charge in [0.05, 0.1) is 0 Å². The molecule has 0 atom stereocenters. The highest BCUT2D eigenvalue weighted by molar-refractivity contribution is 7.89. The maximum absolute atomic E-state index is 12.0. The van der Waals surface area contributed by atoms with E-state index in [1.165, 1.54) is 18.5 Å². The third-order valence-corrected chi connectivity index (χ3v) is 4.04. The zero-order chi connectivity index (χ0) is 14.6. The SMILES string of the molecule is N=C(N)c1cccc(CNS(=O)(=O)c2cccnc2)c1. The standard InChI is InChI=1S/C13H14N4O2S/c14-13(15)11-4-1-3-10(7-11)8-17-20(18,19)12-5-2-6-16-9-12/h1-7,9,17H,8H2,(H3,14,15). The van der Waals surface area contributed by atoms with Crippen molar-refractivity contribution in [3.8, 4) is 0 Å². The summed E-state index contributed by atoms with van der Waals surface area (Å²) in [5.41, 5.74) is 6.68. The van der Waals surface area contributed by atoms with Crippen molar-refractivity contribution in [2.75, 3.05) is 0 Å². The van der Waals surface area contributed by atoms with Gasteiger partial charge in [-0.1, -0.05) is 18.2 Å². The molecule has 2 aromatic rings. The number of hydrogen-bond donors (Lipinski definition) is 3. The summed E-state index contributed by atoms with van der Waals surface area (Å²) < 4.78 is 26.5. The average Bonchev–Trinajstić information content (AvgIpc) is 2.46. The van der Waals surface area contributed by atoms with Gasteiger partial charge in [0.15, 0.2) is 0 Å². The monoisotopic (exact) mass is 290 g/mol. The van der Waals surface area contributed by atoms with E-state index in [9.17, 15) is 8.42 Å². The fraction of sp³-hybridized carbons (Fsp3) is 0.0769. The molecular weight excluding hydrogens is 276 g/mol. The summed E-state index contributed by atoms with van der Waals surface area (Å²) >= 11 is 0. The van der Waals surface area contributed by atoms with Crippen LogP contribution >= 0.6 is 0 Å². The molecule has 0 amide bonds. The van der Waals surface area contributed by atoms with Crippen LogP contribution in [0.15, 0.2) is 53.7 Å². The molecule has 1 aromatic carbocycles.